The van der Waals surface area contributed by atoms with Gasteiger partial charge in [-0.15, -0.1) is 0 Å². The standard InChI is InChI=1S/C20H22N2O6/c1-9(23)16-15-11-8-28-18(17(15)24)20(7-13(11)21-16)12-5-4-10(26-2)6-14(12)22(27-3)19(20)25/h4-6,11,13,15,17-18,24H,7-8H2,1-3H3. The predicted octanol–water partition coefficient (Wildman–Crippen LogP) is 0.649. The average molecular weight is 386 g/mol. The molecule has 28 heavy (non-hydrogen) atoms. The summed E-state index contributed by atoms with van der Waals surface area (Å²) in [6, 6.07) is 5.11. The molecule has 1 saturated carbocycles. The van der Waals surface area contributed by atoms with Gasteiger partial charge in [0.15, 0.2) is 5.78 Å². The maximum atomic E-state index is 13.6. The van der Waals surface area contributed by atoms with E-state index in [9.17, 15) is 14.7 Å². The maximum Gasteiger partial charge on any atom is 0.264 e. The minimum Gasteiger partial charge on any atom is -0.497 e. The highest BCUT2D eigenvalue weighted by Gasteiger charge is 2.67. The van der Waals surface area contributed by atoms with E-state index in [1.54, 1.807) is 19.2 Å². The highest BCUT2D eigenvalue weighted by atomic mass is 16.7. The number of hydrogen-bond acceptors (Lipinski definition) is 7. The second kappa shape index (κ2) is 5.85. The summed E-state index contributed by atoms with van der Waals surface area (Å²) >= 11 is 0. The summed E-state index contributed by atoms with van der Waals surface area (Å²) in [5.41, 5.74) is 0.628. The Hall–Kier alpha value is -2.29. The molecule has 8 heteroatoms. The molecule has 1 N–H and O–H groups in total. The predicted molar refractivity (Wildman–Crippen MR) is 98.4 cm³/mol. The number of rotatable bonds is 3. The Labute approximate surface area is 162 Å². The lowest BCUT2D eigenvalue weighted by Gasteiger charge is -2.41. The van der Waals surface area contributed by atoms with E-state index in [-0.39, 0.29) is 23.7 Å². The van der Waals surface area contributed by atoms with Crippen LogP contribution in [0.5, 0.6) is 5.75 Å². The van der Waals surface area contributed by atoms with E-state index >= 15 is 0 Å². The third kappa shape index (κ3) is 1.97. The van der Waals surface area contributed by atoms with Crippen molar-refractivity contribution in [1.82, 2.24) is 0 Å². The number of carbonyl (C=O) groups is 2. The molecule has 5 aliphatic rings. The van der Waals surface area contributed by atoms with Crippen LogP contribution in [0.4, 0.5) is 5.69 Å². The Morgan fingerprint density at radius 1 is 1.39 bits per heavy atom. The number of carbonyl (C=O) groups excluding carboxylic acids is 2. The van der Waals surface area contributed by atoms with Crippen molar-refractivity contribution in [2.24, 2.45) is 16.8 Å². The summed E-state index contributed by atoms with van der Waals surface area (Å²) in [5, 5.41) is 12.5. The number of hydroxylamine groups is 1. The number of hydrogen-bond donors (Lipinski definition) is 1. The second-order valence-electron chi connectivity index (χ2n) is 7.91. The maximum absolute atomic E-state index is 13.6. The van der Waals surface area contributed by atoms with Gasteiger partial charge in [0, 0.05) is 24.8 Å². The third-order valence-corrected chi connectivity index (χ3v) is 6.75. The van der Waals surface area contributed by atoms with Gasteiger partial charge >= 0.3 is 0 Å². The molecule has 0 radical (unpaired) electrons. The molecule has 1 spiro atoms. The van der Waals surface area contributed by atoms with Crippen LogP contribution in [0.1, 0.15) is 18.9 Å². The summed E-state index contributed by atoms with van der Waals surface area (Å²) in [5.74, 6) is -0.310. The number of methoxy groups -OCH3 is 1. The van der Waals surface area contributed by atoms with Crippen LogP contribution in [0, 0.1) is 11.8 Å². The monoisotopic (exact) mass is 386 g/mol. The fourth-order valence-electron chi connectivity index (χ4n) is 5.58. The topological polar surface area (TPSA) is 97.7 Å². The fraction of sp³-hybridized carbons (Fsp3) is 0.550. The molecule has 1 amide bonds. The van der Waals surface area contributed by atoms with Crippen molar-refractivity contribution in [3.05, 3.63) is 23.8 Å². The van der Waals surface area contributed by atoms with E-state index in [4.69, 9.17) is 14.3 Å². The van der Waals surface area contributed by atoms with Crippen LogP contribution in [0.25, 0.3) is 0 Å². The van der Waals surface area contributed by atoms with Gasteiger partial charge in [0.05, 0.1) is 44.4 Å². The van der Waals surface area contributed by atoms with Gasteiger partial charge in [-0.05, 0) is 18.1 Å². The molecule has 1 aliphatic carbocycles. The molecule has 0 aromatic heterocycles. The lowest BCUT2D eigenvalue weighted by atomic mass is 9.70. The zero-order valence-corrected chi connectivity index (χ0v) is 15.9. The van der Waals surface area contributed by atoms with Gasteiger partial charge in [0.2, 0.25) is 0 Å². The molecular formula is C20H22N2O6. The van der Waals surface area contributed by atoms with Crippen LogP contribution >= 0.6 is 0 Å². The van der Waals surface area contributed by atoms with Crippen LogP contribution in [0.2, 0.25) is 0 Å². The Bertz CT molecular complexity index is 914. The van der Waals surface area contributed by atoms with Crippen molar-refractivity contribution in [2.75, 3.05) is 25.9 Å². The highest BCUT2D eigenvalue weighted by molar-refractivity contribution is 6.40. The van der Waals surface area contributed by atoms with E-state index in [0.29, 0.717) is 30.2 Å². The first-order valence-corrected chi connectivity index (χ1v) is 9.39. The van der Waals surface area contributed by atoms with Crippen LogP contribution < -0.4 is 9.80 Å². The van der Waals surface area contributed by atoms with Crippen LogP contribution in [-0.2, 0) is 24.6 Å². The molecule has 4 bridgehead atoms. The number of aliphatic imine (C=N–C) groups is 1. The average Bonchev–Trinajstić information content (AvgIpc) is 3.06. The molecular weight excluding hydrogens is 364 g/mol. The molecule has 6 rings (SSSR count). The number of anilines is 1. The van der Waals surface area contributed by atoms with Gasteiger partial charge < -0.3 is 14.6 Å². The number of nitrogens with zero attached hydrogens (tertiary/aromatic N) is 2. The summed E-state index contributed by atoms with van der Waals surface area (Å²) in [6.07, 6.45) is -1.40. The summed E-state index contributed by atoms with van der Waals surface area (Å²) in [6.45, 7) is 1.84. The second-order valence-corrected chi connectivity index (χ2v) is 7.91. The molecule has 2 saturated heterocycles. The number of aliphatic hydroxyl groups excluding tert-OH is 1. The zero-order chi connectivity index (χ0) is 19.8. The van der Waals surface area contributed by atoms with Gasteiger partial charge in [-0.2, -0.15) is 5.06 Å². The number of amides is 1. The van der Waals surface area contributed by atoms with E-state index in [0.717, 1.165) is 5.56 Å². The first-order valence-electron chi connectivity index (χ1n) is 9.39. The molecule has 1 aromatic rings. The van der Waals surface area contributed by atoms with E-state index in [2.05, 4.69) is 4.99 Å². The molecule has 6 atom stereocenters. The summed E-state index contributed by atoms with van der Waals surface area (Å²) < 4.78 is 11.4. The SMILES string of the molecule is COc1ccc2c(c1)N(OC)C(=O)C21CC2N=C(C(C)=O)C3C(O)C1OCC23. The Morgan fingerprint density at radius 3 is 2.86 bits per heavy atom. The van der Waals surface area contributed by atoms with Crippen molar-refractivity contribution in [1.29, 1.82) is 0 Å². The Morgan fingerprint density at radius 2 is 2.18 bits per heavy atom. The molecule has 4 heterocycles. The number of ketones is 1. The molecule has 1 aromatic carbocycles. The number of Topliss-reactive ketones (excluding diaryl/α,β-unsaturated/α-hetero) is 1. The first kappa shape index (κ1) is 17.8. The first-order chi connectivity index (χ1) is 13.4. The largest absolute Gasteiger partial charge is 0.497 e. The van der Waals surface area contributed by atoms with Gasteiger partial charge in [-0.1, -0.05) is 6.07 Å². The van der Waals surface area contributed by atoms with E-state index < -0.39 is 23.5 Å². The molecule has 8 nitrogen and oxygen atoms in total. The van der Waals surface area contributed by atoms with Crippen molar-refractivity contribution in [3.63, 3.8) is 0 Å². The smallest absolute Gasteiger partial charge is 0.264 e. The zero-order valence-electron chi connectivity index (χ0n) is 15.9. The quantitative estimate of drug-likeness (QED) is 0.819. The Kier molecular flexibility index (Phi) is 3.72. The number of fused-ring (bicyclic) bond motifs is 2. The van der Waals surface area contributed by atoms with Gasteiger partial charge in [0.25, 0.3) is 5.91 Å². The van der Waals surface area contributed by atoms with Gasteiger partial charge in [0.1, 0.15) is 17.3 Å². The highest BCUT2D eigenvalue weighted by Crippen LogP contribution is 2.57. The van der Waals surface area contributed by atoms with E-state index in [1.165, 1.54) is 19.1 Å². The van der Waals surface area contributed by atoms with Crippen LogP contribution in [0.15, 0.2) is 23.2 Å². The van der Waals surface area contributed by atoms with Crippen molar-refractivity contribution >= 4 is 23.1 Å². The number of aliphatic hydroxyl groups is 1. The summed E-state index contributed by atoms with van der Waals surface area (Å²) in [4.78, 5) is 35.7. The van der Waals surface area contributed by atoms with Crippen LogP contribution in [-0.4, -0.2) is 61.6 Å². The van der Waals surface area contributed by atoms with Crippen molar-refractivity contribution in [2.45, 2.75) is 37.0 Å². The molecule has 148 valence electrons. The van der Waals surface area contributed by atoms with Gasteiger partial charge in [-0.25, -0.2) is 0 Å². The minimum atomic E-state index is -1.11. The minimum absolute atomic E-state index is 0.101. The molecule has 4 aliphatic heterocycles. The van der Waals surface area contributed by atoms with Crippen molar-refractivity contribution < 1.29 is 29.0 Å². The van der Waals surface area contributed by atoms with Crippen LogP contribution in [0.3, 0.4) is 0 Å². The fourth-order valence-corrected chi connectivity index (χ4v) is 5.58. The lowest BCUT2D eigenvalue weighted by molar-refractivity contribution is -0.152. The summed E-state index contributed by atoms with van der Waals surface area (Å²) in [7, 11) is 2.99. The normalized spacial score (nSPS) is 37.9. The Balaban J connectivity index is 1.71. The molecule has 6 unspecified atom stereocenters. The number of ether oxygens (including phenoxy) is 2. The third-order valence-electron chi connectivity index (χ3n) is 6.75. The molecule has 3 fully saturated rings. The van der Waals surface area contributed by atoms with Gasteiger partial charge in [-0.3, -0.25) is 19.4 Å². The van der Waals surface area contributed by atoms with Crippen molar-refractivity contribution in [3.8, 4) is 5.75 Å². The number of benzene rings is 1. The lowest BCUT2D eigenvalue weighted by Crippen LogP contribution is -2.58. The van der Waals surface area contributed by atoms with E-state index in [1.807, 2.05) is 6.07 Å².